The van der Waals surface area contributed by atoms with Crippen molar-refractivity contribution in [2.45, 2.75) is 12.5 Å². The normalized spacial score (nSPS) is 19.0. The molecule has 0 radical (unpaired) electrons. The van der Waals surface area contributed by atoms with Crippen molar-refractivity contribution >= 4 is 50.5 Å². The number of hydrogen-bond acceptors (Lipinski definition) is 5. The van der Waals surface area contributed by atoms with Gasteiger partial charge in [0.25, 0.3) is 0 Å². The Bertz CT molecular complexity index is 770. The van der Waals surface area contributed by atoms with Crippen LogP contribution in [-0.2, 0) is 19.4 Å². The van der Waals surface area contributed by atoms with Gasteiger partial charge in [-0.15, -0.1) is 0 Å². The highest BCUT2D eigenvalue weighted by Crippen LogP contribution is 2.24. The van der Waals surface area contributed by atoms with E-state index in [0.717, 1.165) is 0 Å². The van der Waals surface area contributed by atoms with Gasteiger partial charge >= 0.3 is 0 Å². The van der Waals surface area contributed by atoms with E-state index in [9.17, 15) is 18.0 Å². The third kappa shape index (κ3) is 6.47. The first-order valence-corrected chi connectivity index (χ1v) is 10.2. The van der Waals surface area contributed by atoms with E-state index in [1.54, 1.807) is 19.2 Å². The molecule has 25 heavy (non-hydrogen) atoms. The fraction of sp³-hybridized carbons (Fsp3) is 0.467. The molecule has 1 aliphatic heterocycles. The highest BCUT2D eigenvalue weighted by Gasteiger charge is 2.29. The Morgan fingerprint density at radius 2 is 1.88 bits per heavy atom. The maximum absolute atomic E-state index is 12.0. The molecule has 1 saturated heterocycles. The summed E-state index contributed by atoms with van der Waals surface area (Å²) in [5.41, 5.74) is 0.508. The first-order valence-electron chi connectivity index (χ1n) is 7.58. The minimum absolute atomic E-state index is 0.00334. The first kappa shape index (κ1) is 20.0. The molecule has 1 aromatic rings. The van der Waals surface area contributed by atoms with E-state index in [0.29, 0.717) is 22.2 Å². The van der Waals surface area contributed by atoms with Gasteiger partial charge in [-0.25, -0.2) is 8.42 Å². The lowest BCUT2D eigenvalue weighted by Gasteiger charge is -2.18. The van der Waals surface area contributed by atoms with E-state index in [1.165, 1.54) is 11.0 Å². The molecule has 1 aromatic carbocycles. The van der Waals surface area contributed by atoms with E-state index in [4.69, 9.17) is 23.2 Å². The Balaban J connectivity index is 1.77. The smallest absolute Gasteiger partial charge is 0.238 e. The van der Waals surface area contributed by atoms with Crippen molar-refractivity contribution in [3.8, 4) is 0 Å². The van der Waals surface area contributed by atoms with Crippen LogP contribution in [0.1, 0.15) is 6.42 Å². The second-order valence-corrected chi connectivity index (χ2v) is 9.06. The van der Waals surface area contributed by atoms with Crippen LogP contribution in [0.2, 0.25) is 10.0 Å². The Labute approximate surface area is 156 Å². The summed E-state index contributed by atoms with van der Waals surface area (Å²) in [6, 6.07) is 4.39. The number of amides is 2. The summed E-state index contributed by atoms with van der Waals surface area (Å²) >= 11 is 11.7. The topological polar surface area (TPSA) is 95.6 Å². The predicted octanol–water partition coefficient (Wildman–Crippen LogP) is 1.17. The molecular formula is C15H19Cl2N3O4S. The molecule has 1 fully saturated rings. The summed E-state index contributed by atoms with van der Waals surface area (Å²) in [4.78, 5) is 25.5. The van der Waals surface area contributed by atoms with Crippen LogP contribution in [0.5, 0.6) is 0 Å². The summed E-state index contributed by atoms with van der Waals surface area (Å²) in [5.74, 6) is -0.552. The largest absolute Gasteiger partial charge is 0.351 e. The van der Waals surface area contributed by atoms with E-state index in [2.05, 4.69) is 10.6 Å². The molecule has 2 amide bonds. The Hall–Kier alpha value is -1.35. The SMILES string of the molecule is CN(CC(=O)Nc1ccc(Cl)c(Cl)c1)CC(=O)N[C@@H]1CCS(=O)(=O)C1. The zero-order valence-corrected chi connectivity index (χ0v) is 15.9. The summed E-state index contributed by atoms with van der Waals surface area (Å²) in [5, 5.41) is 6.06. The van der Waals surface area contributed by atoms with Crippen molar-refractivity contribution in [3.05, 3.63) is 28.2 Å². The number of rotatable bonds is 6. The van der Waals surface area contributed by atoms with E-state index in [1.807, 2.05) is 0 Å². The molecule has 0 spiro atoms. The molecular weight excluding hydrogens is 389 g/mol. The van der Waals surface area contributed by atoms with Gasteiger partial charge in [-0.3, -0.25) is 14.5 Å². The number of carbonyl (C=O) groups excluding carboxylic acids is 2. The average molecular weight is 408 g/mol. The molecule has 0 bridgehead atoms. The molecule has 7 nitrogen and oxygen atoms in total. The zero-order valence-electron chi connectivity index (χ0n) is 13.6. The van der Waals surface area contributed by atoms with Crippen LogP contribution in [0.4, 0.5) is 5.69 Å². The Kier molecular flexibility index (Phi) is 6.67. The third-order valence-electron chi connectivity index (χ3n) is 3.63. The van der Waals surface area contributed by atoms with Gasteiger partial charge in [0.1, 0.15) is 0 Å². The molecule has 1 atom stereocenters. The highest BCUT2D eigenvalue weighted by atomic mass is 35.5. The van der Waals surface area contributed by atoms with Crippen LogP contribution < -0.4 is 10.6 Å². The lowest BCUT2D eigenvalue weighted by Crippen LogP contribution is -2.43. The van der Waals surface area contributed by atoms with Gasteiger partial charge in [-0.05, 0) is 31.7 Å². The molecule has 0 unspecified atom stereocenters. The van der Waals surface area contributed by atoms with Crippen molar-refractivity contribution in [3.63, 3.8) is 0 Å². The van der Waals surface area contributed by atoms with Gasteiger partial charge in [-0.2, -0.15) is 0 Å². The lowest BCUT2D eigenvalue weighted by atomic mass is 10.2. The van der Waals surface area contributed by atoms with Crippen molar-refractivity contribution in [1.29, 1.82) is 0 Å². The second kappa shape index (κ2) is 8.35. The van der Waals surface area contributed by atoms with Gasteiger partial charge in [0.05, 0.1) is 34.6 Å². The average Bonchev–Trinajstić information content (AvgIpc) is 2.81. The van der Waals surface area contributed by atoms with Gasteiger partial charge < -0.3 is 10.6 Å². The summed E-state index contributed by atoms with van der Waals surface area (Å²) in [7, 11) is -1.42. The first-order chi connectivity index (χ1) is 11.6. The molecule has 0 aliphatic carbocycles. The van der Waals surface area contributed by atoms with Gasteiger partial charge in [0, 0.05) is 11.7 Å². The van der Waals surface area contributed by atoms with E-state index < -0.39 is 9.84 Å². The number of hydrogen-bond donors (Lipinski definition) is 2. The molecule has 1 heterocycles. The number of anilines is 1. The summed E-state index contributed by atoms with van der Waals surface area (Å²) in [6.07, 6.45) is 0.426. The number of nitrogens with one attached hydrogen (secondary N) is 2. The van der Waals surface area contributed by atoms with Crippen molar-refractivity contribution in [1.82, 2.24) is 10.2 Å². The van der Waals surface area contributed by atoms with Gasteiger partial charge in [-0.1, -0.05) is 23.2 Å². The maximum Gasteiger partial charge on any atom is 0.238 e. The third-order valence-corrected chi connectivity index (χ3v) is 6.13. The standard InChI is InChI=1S/C15H19Cl2N3O4S/c1-20(8-15(22)19-11-4-5-25(23,24)9-11)7-14(21)18-10-2-3-12(16)13(17)6-10/h2-3,6,11H,4-5,7-9H2,1H3,(H,18,21)(H,19,22)/t11-/m1/s1. The van der Waals surface area contributed by atoms with Crippen LogP contribution in [0.25, 0.3) is 0 Å². The lowest BCUT2D eigenvalue weighted by molar-refractivity contribution is -0.123. The fourth-order valence-electron chi connectivity index (χ4n) is 2.50. The monoisotopic (exact) mass is 407 g/mol. The van der Waals surface area contributed by atoms with E-state index >= 15 is 0 Å². The number of likely N-dealkylation sites (N-methyl/N-ethyl adjacent to an activating group) is 1. The van der Waals surface area contributed by atoms with E-state index in [-0.39, 0.29) is 42.5 Å². The van der Waals surface area contributed by atoms with Crippen molar-refractivity contribution in [2.24, 2.45) is 0 Å². The summed E-state index contributed by atoms with van der Waals surface area (Å²) < 4.78 is 22.8. The molecule has 138 valence electrons. The van der Waals surface area contributed by atoms with Crippen molar-refractivity contribution < 1.29 is 18.0 Å². The summed E-state index contributed by atoms with van der Waals surface area (Å²) in [6.45, 7) is -0.0119. The molecule has 10 heteroatoms. The Morgan fingerprint density at radius 1 is 1.20 bits per heavy atom. The quantitative estimate of drug-likeness (QED) is 0.737. The van der Waals surface area contributed by atoms with Gasteiger partial charge in [0.15, 0.2) is 9.84 Å². The van der Waals surface area contributed by atoms with Crippen LogP contribution >= 0.6 is 23.2 Å². The minimum Gasteiger partial charge on any atom is -0.351 e. The fourth-order valence-corrected chi connectivity index (χ4v) is 4.47. The number of benzene rings is 1. The Morgan fingerprint density at radius 3 is 2.48 bits per heavy atom. The molecule has 0 saturated carbocycles. The number of nitrogens with zero attached hydrogens (tertiary/aromatic N) is 1. The minimum atomic E-state index is -3.04. The predicted molar refractivity (Wildman–Crippen MR) is 97.8 cm³/mol. The number of carbonyl (C=O) groups is 2. The van der Waals surface area contributed by atoms with Crippen molar-refractivity contribution in [2.75, 3.05) is 37.0 Å². The van der Waals surface area contributed by atoms with Gasteiger partial charge in [0.2, 0.25) is 11.8 Å². The molecule has 2 rings (SSSR count). The van der Waals surface area contributed by atoms with Crippen LogP contribution in [0, 0.1) is 0 Å². The zero-order chi connectivity index (χ0) is 18.6. The number of sulfone groups is 1. The van der Waals surface area contributed by atoms with Crippen LogP contribution in [0.15, 0.2) is 18.2 Å². The van der Waals surface area contributed by atoms with Crippen LogP contribution in [0.3, 0.4) is 0 Å². The molecule has 2 N–H and O–H groups in total. The molecule has 1 aliphatic rings. The second-order valence-electron chi connectivity index (χ2n) is 6.02. The molecule has 0 aromatic heterocycles. The number of halogens is 2. The maximum atomic E-state index is 12.0. The van der Waals surface area contributed by atoms with Crippen LogP contribution in [-0.4, -0.2) is 62.8 Å². The highest BCUT2D eigenvalue weighted by molar-refractivity contribution is 7.91.